The number of benzene rings is 1. The van der Waals surface area contributed by atoms with E-state index in [4.69, 9.17) is 5.11 Å². The van der Waals surface area contributed by atoms with Crippen LogP contribution in [0, 0.1) is 6.92 Å². The molecule has 0 saturated heterocycles. The van der Waals surface area contributed by atoms with Gasteiger partial charge in [-0.15, -0.1) is 0 Å². The van der Waals surface area contributed by atoms with Gasteiger partial charge >= 0.3 is 5.97 Å². The second kappa shape index (κ2) is 5.81. The molecule has 0 heterocycles. The summed E-state index contributed by atoms with van der Waals surface area (Å²) in [6.45, 7) is 3.19. The van der Waals surface area contributed by atoms with Crippen molar-refractivity contribution in [2.24, 2.45) is 0 Å². The average Bonchev–Trinajstić information content (AvgIpc) is 2.13. The van der Waals surface area contributed by atoms with Crippen molar-refractivity contribution in [1.29, 1.82) is 0 Å². The molecule has 0 spiro atoms. The first-order valence-electron chi connectivity index (χ1n) is 5.23. The summed E-state index contributed by atoms with van der Waals surface area (Å²) in [6, 6.07) is 4.38. The monoisotopic (exact) mass is 335 g/mol. The molecular formula is C11H14BrNO4S. The number of sulfonamides is 1. The Bertz CT molecular complexity index is 536. The smallest absolute Gasteiger partial charge is 0.304 e. The van der Waals surface area contributed by atoms with Gasteiger partial charge in [-0.25, -0.2) is 13.1 Å². The van der Waals surface area contributed by atoms with Gasteiger partial charge in [-0.1, -0.05) is 12.1 Å². The summed E-state index contributed by atoms with van der Waals surface area (Å²) in [5, 5.41) is 8.62. The highest BCUT2D eigenvalue weighted by atomic mass is 79.9. The highest BCUT2D eigenvalue weighted by molar-refractivity contribution is 9.10. The van der Waals surface area contributed by atoms with Gasteiger partial charge in [0.2, 0.25) is 10.0 Å². The number of rotatable bonds is 5. The van der Waals surface area contributed by atoms with Crippen LogP contribution in [0.4, 0.5) is 0 Å². The van der Waals surface area contributed by atoms with E-state index in [0.717, 1.165) is 0 Å². The van der Waals surface area contributed by atoms with E-state index in [1.54, 1.807) is 25.1 Å². The molecule has 100 valence electrons. The van der Waals surface area contributed by atoms with Gasteiger partial charge in [-0.2, -0.15) is 0 Å². The molecule has 1 rings (SSSR count). The SMILES string of the molecule is Cc1cccc(Br)c1S(=O)(=O)N[C@H](C)CC(=O)O. The maximum Gasteiger partial charge on any atom is 0.304 e. The molecule has 0 aliphatic rings. The van der Waals surface area contributed by atoms with E-state index in [9.17, 15) is 13.2 Å². The topological polar surface area (TPSA) is 83.5 Å². The molecule has 0 fully saturated rings. The third-order valence-corrected chi connectivity index (χ3v) is 4.99. The Kier molecular flexibility index (Phi) is 4.89. The van der Waals surface area contributed by atoms with Gasteiger partial charge in [-0.05, 0) is 41.4 Å². The number of carboxylic acid groups (broad SMARTS) is 1. The van der Waals surface area contributed by atoms with Gasteiger partial charge in [0.1, 0.15) is 0 Å². The van der Waals surface area contributed by atoms with Crippen molar-refractivity contribution in [3.8, 4) is 0 Å². The lowest BCUT2D eigenvalue weighted by atomic mass is 10.2. The molecule has 0 unspecified atom stereocenters. The fourth-order valence-electron chi connectivity index (χ4n) is 1.58. The lowest BCUT2D eigenvalue weighted by Crippen LogP contribution is -2.34. The van der Waals surface area contributed by atoms with Gasteiger partial charge in [0.25, 0.3) is 0 Å². The Morgan fingerprint density at radius 2 is 2.11 bits per heavy atom. The highest BCUT2D eigenvalue weighted by Gasteiger charge is 2.23. The molecule has 0 radical (unpaired) electrons. The van der Waals surface area contributed by atoms with Crippen LogP contribution in [0.1, 0.15) is 18.9 Å². The summed E-state index contributed by atoms with van der Waals surface area (Å²) in [4.78, 5) is 10.7. The summed E-state index contributed by atoms with van der Waals surface area (Å²) < 4.78 is 27.1. The van der Waals surface area contributed by atoms with E-state index in [1.165, 1.54) is 6.92 Å². The van der Waals surface area contributed by atoms with Crippen LogP contribution in [0.3, 0.4) is 0 Å². The molecule has 0 saturated carbocycles. The van der Waals surface area contributed by atoms with Crippen LogP contribution in [0.25, 0.3) is 0 Å². The first-order chi connectivity index (χ1) is 8.24. The summed E-state index contributed by atoms with van der Waals surface area (Å²) in [7, 11) is -3.73. The normalized spacial score (nSPS) is 13.3. The van der Waals surface area contributed by atoms with Crippen molar-refractivity contribution in [2.45, 2.75) is 31.2 Å². The zero-order valence-corrected chi connectivity index (χ0v) is 12.4. The number of carbonyl (C=O) groups is 1. The minimum atomic E-state index is -3.73. The summed E-state index contributed by atoms with van der Waals surface area (Å²) >= 11 is 3.19. The molecule has 0 aliphatic carbocycles. The lowest BCUT2D eigenvalue weighted by molar-refractivity contribution is -0.137. The van der Waals surface area contributed by atoms with Crippen LogP contribution in [0.15, 0.2) is 27.6 Å². The number of hydrogen-bond donors (Lipinski definition) is 2. The lowest BCUT2D eigenvalue weighted by Gasteiger charge is -2.14. The number of halogens is 1. The van der Waals surface area contributed by atoms with Gasteiger partial charge in [-0.3, -0.25) is 4.79 Å². The first-order valence-corrected chi connectivity index (χ1v) is 7.51. The van der Waals surface area contributed by atoms with E-state index in [0.29, 0.717) is 10.0 Å². The Balaban J connectivity index is 3.04. The van der Waals surface area contributed by atoms with E-state index in [1.807, 2.05) is 0 Å². The molecule has 0 amide bonds. The van der Waals surface area contributed by atoms with Crippen molar-refractivity contribution in [2.75, 3.05) is 0 Å². The second-order valence-electron chi connectivity index (χ2n) is 4.01. The van der Waals surface area contributed by atoms with E-state index >= 15 is 0 Å². The molecule has 5 nitrogen and oxygen atoms in total. The van der Waals surface area contributed by atoms with Gasteiger partial charge in [0.05, 0.1) is 11.3 Å². The van der Waals surface area contributed by atoms with E-state index < -0.39 is 22.0 Å². The highest BCUT2D eigenvalue weighted by Crippen LogP contribution is 2.25. The standard InChI is InChI=1S/C11H14BrNO4S/c1-7-4-3-5-9(12)11(7)18(16,17)13-8(2)6-10(14)15/h3-5,8,13H,6H2,1-2H3,(H,14,15)/t8-/m1/s1. The Hall–Kier alpha value is -0.920. The molecule has 1 aromatic carbocycles. The van der Waals surface area contributed by atoms with Crippen LogP contribution in [0.2, 0.25) is 0 Å². The summed E-state index contributed by atoms with van der Waals surface area (Å²) in [5.41, 5.74) is 0.597. The second-order valence-corrected chi connectivity index (χ2v) is 6.51. The molecule has 18 heavy (non-hydrogen) atoms. The first kappa shape index (κ1) is 15.1. The minimum Gasteiger partial charge on any atom is -0.481 e. The van der Waals surface area contributed by atoms with Gasteiger partial charge < -0.3 is 5.11 Å². The third-order valence-electron chi connectivity index (χ3n) is 2.27. The Morgan fingerprint density at radius 3 is 2.61 bits per heavy atom. The van der Waals surface area contributed by atoms with E-state index in [-0.39, 0.29) is 11.3 Å². The molecular weight excluding hydrogens is 322 g/mol. The van der Waals surface area contributed by atoms with Gasteiger partial charge in [0, 0.05) is 10.5 Å². The van der Waals surface area contributed by atoms with Crippen LogP contribution in [-0.2, 0) is 14.8 Å². The van der Waals surface area contributed by atoms with Gasteiger partial charge in [0.15, 0.2) is 0 Å². The Morgan fingerprint density at radius 1 is 1.50 bits per heavy atom. The molecule has 0 aliphatic heterocycles. The molecule has 1 aromatic rings. The zero-order chi connectivity index (χ0) is 13.9. The number of aliphatic carboxylic acids is 1. The summed E-state index contributed by atoms with van der Waals surface area (Å²) in [5.74, 6) is -1.05. The Labute approximate surface area is 114 Å². The molecule has 7 heteroatoms. The predicted octanol–water partition coefficient (Wildman–Crippen LogP) is 1.90. The maximum absolute atomic E-state index is 12.1. The maximum atomic E-state index is 12.1. The number of carboxylic acids is 1. The number of hydrogen-bond acceptors (Lipinski definition) is 3. The molecule has 1 atom stereocenters. The van der Waals surface area contributed by atoms with Crippen molar-refractivity contribution < 1.29 is 18.3 Å². The van der Waals surface area contributed by atoms with Crippen molar-refractivity contribution in [3.63, 3.8) is 0 Å². The van der Waals surface area contributed by atoms with Crippen LogP contribution < -0.4 is 4.72 Å². The number of aryl methyl sites for hydroxylation is 1. The summed E-state index contributed by atoms with van der Waals surface area (Å²) in [6.07, 6.45) is -0.261. The molecule has 0 bridgehead atoms. The van der Waals surface area contributed by atoms with E-state index in [2.05, 4.69) is 20.7 Å². The van der Waals surface area contributed by atoms with Crippen molar-refractivity contribution >= 4 is 31.9 Å². The van der Waals surface area contributed by atoms with Crippen LogP contribution in [0.5, 0.6) is 0 Å². The quantitative estimate of drug-likeness (QED) is 0.860. The fourth-order valence-corrected chi connectivity index (χ4v) is 4.24. The minimum absolute atomic E-state index is 0.141. The van der Waals surface area contributed by atoms with Crippen LogP contribution >= 0.6 is 15.9 Å². The van der Waals surface area contributed by atoms with Crippen molar-refractivity contribution in [1.82, 2.24) is 4.72 Å². The molecule has 0 aromatic heterocycles. The average molecular weight is 336 g/mol. The third kappa shape index (κ3) is 3.79. The molecule has 2 N–H and O–H groups in total. The fraction of sp³-hybridized carbons (Fsp3) is 0.364. The number of nitrogens with one attached hydrogen (secondary N) is 1. The van der Waals surface area contributed by atoms with Crippen LogP contribution in [-0.4, -0.2) is 25.5 Å². The zero-order valence-electron chi connectivity index (χ0n) is 9.97. The van der Waals surface area contributed by atoms with Crippen molar-refractivity contribution in [3.05, 3.63) is 28.2 Å². The largest absolute Gasteiger partial charge is 0.481 e. The predicted molar refractivity (Wildman–Crippen MR) is 70.9 cm³/mol.